The van der Waals surface area contributed by atoms with Crippen LogP contribution in [0, 0.1) is 0 Å². The van der Waals surface area contributed by atoms with E-state index >= 15 is 0 Å². The molecule has 0 atom stereocenters. The van der Waals surface area contributed by atoms with Gasteiger partial charge in [-0.15, -0.1) is 0 Å². The number of rotatable bonds is 8. The molecule has 0 radical (unpaired) electrons. The van der Waals surface area contributed by atoms with Crippen LogP contribution in [0.25, 0.3) is 0 Å². The molecule has 17 heavy (non-hydrogen) atoms. The molecule has 0 bridgehead atoms. The fourth-order valence-corrected chi connectivity index (χ4v) is 1.82. The Morgan fingerprint density at radius 3 is 2.47 bits per heavy atom. The zero-order valence-corrected chi connectivity index (χ0v) is 11.2. The summed E-state index contributed by atoms with van der Waals surface area (Å²) in [5.74, 6) is 0. The Labute approximate surface area is 106 Å². The largest absolute Gasteiger partial charge is 0.300 e. The minimum absolute atomic E-state index is 1.05. The molecule has 0 aliphatic rings. The zero-order valence-electron chi connectivity index (χ0n) is 11.2. The molecule has 0 saturated heterocycles. The van der Waals surface area contributed by atoms with E-state index in [4.69, 9.17) is 0 Å². The molecule has 0 aliphatic heterocycles. The standard InChI is InChI=1S/C16H25N/c1-3-5-14-17(4-2)15-10-9-13-16-11-7-6-8-12-16/h6-12H,3-5,13-15H2,1-2H3/b10-9+. The van der Waals surface area contributed by atoms with Gasteiger partial charge in [0.25, 0.3) is 0 Å². The van der Waals surface area contributed by atoms with E-state index in [2.05, 4.69) is 61.2 Å². The Morgan fingerprint density at radius 2 is 1.82 bits per heavy atom. The Kier molecular flexibility index (Phi) is 7.40. The molecule has 1 aromatic rings. The lowest BCUT2D eigenvalue weighted by atomic mass is 10.1. The Morgan fingerprint density at radius 1 is 1.06 bits per heavy atom. The van der Waals surface area contributed by atoms with Gasteiger partial charge in [0.15, 0.2) is 0 Å². The van der Waals surface area contributed by atoms with Crippen LogP contribution in [0.1, 0.15) is 32.3 Å². The van der Waals surface area contributed by atoms with Crippen LogP contribution < -0.4 is 0 Å². The molecule has 0 heterocycles. The smallest absolute Gasteiger partial charge is 0.0163 e. The lowest BCUT2D eigenvalue weighted by Gasteiger charge is -2.17. The number of likely N-dealkylation sites (N-methyl/N-ethyl adjacent to an activating group) is 1. The van der Waals surface area contributed by atoms with Gasteiger partial charge in [0.05, 0.1) is 0 Å². The first-order valence-electron chi connectivity index (χ1n) is 6.78. The number of allylic oxidation sites excluding steroid dienone is 1. The molecule has 1 nitrogen and oxygen atoms in total. The maximum Gasteiger partial charge on any atom is 0.0163 e. The normalized spacial score (nSPS) is 11.5. The molecule has 0 unspecified atom stereocenters. The highest BCUT2D eigenvalue weighted by Gasteiger charge is 1.97. The highest BCUT2D eigenvalue weighted by atomic mass is 15.1. The van der Waals surface area contributed by atoms with Gasteiger partial charge in [-0.3, -0.25) is 4.90 Å². The minimum Gasteiger partial charge on any atom is -0.300 e. The summed E-state index contributed by atoms with van der Waals surface area (Å²) in [6.07, 6.45) is 8.22. The van der Waals surface area contributed by atoms with Crippen LogP contribution in [0.4, 0.5) is 0 Å². The zero-order chi connectivity index (χ0) is 12.3. The summed E-state index contributed by atoms with van der Waals surface area (Å²) in [6, 6.07) is 10.6. The maximum absolute atomic E-state index is 2.49. The average Bonchev–Trinajstić information content (AvgIpc) is 2.39. The van der Waals surface area contributed by atoms with E-state index < -0.39 is 0 Å². The van der Waals surface area contributed by atoms with E-state index in [1.54, 1.807) is 0 Å². The molecule has 1 aromatic carbocycles. The van der Waals surface area contributed by atoms with Crippen LogP contribution in [-0.2, 0) is 6.42 Å². The van der Waals surface area contributed by atoms with Gasteiger partial charge in [-0.1, -0.05) is 62.8 Å². The van der Waals surface area contributed by atoms with E-state index in [0.717, 1.165) is 19.5 Å². The van der Waals surface area contributed by atoms with Gasteiger partial charge in [-0.25, -0.2) is 0 Å². The van der Waals surface area contributed by atoms with Crippen LogP contribution in [0.5, 0.6) is 0 Å². The number of unbranched alkanes of at least 4 members (excludes halogenated alkanes) is 1. The molecule has 0 amide bonds. The van der Waals surface area contributed by atoms with Crippen LogP contribution in [0.15, 0.2) is 42.5 Å². The van der Waals surface area contributed by atoms with Gasteiger partial charge in [0.1, 0.15) is 0 Å². The van der Waals surface area contributed by atoms with E-state index in [1.807, 2.05) is 0 Å². The van der Waals surface area contributed by atoms with E-state index in [0.29, 0.717) is 0 Å². The van der Waals surface area contributed by atoms with Gasteiger partial charge >= 0.3 is 0 Å². The molecule has 0 aliphatic carbocycles. The molecular weight excluding hydrogens is 206 g/mol. The lowest BCUT2D eigenvalue weighted by Crippen LogP contribution is -2.24. The molecule has 0 N–H and O–H groups in total. The maximum atomic E-state index is 2.49. The van der Waals surface area contributed by atoms with Gasteiger partial charge < -0.3 is 0 Å². The molecule has 0 fully saturated rings. The topological polar surface area (TPSA) is 3.24 Å². The average molecular weight is 231 g/mol. The third-order valence-corrected chi connectivity index (χ3v) is 3.00. The van der Waals surface area contributed by atoms with Crippen molar-refractivity contribution in [2.45, 2.75) is 33.1 Å². The molecule has 0 spiro atoms. The fraction of sp³-hybridized carbons (Fsp3) is 0.500. The first kappa shape index (κ1) is 14.0. The molecule has 1 heteroatoms. The second-order valence-corrected chi connectivity index (χ2v) is 4.41. The first-order valence-corrected chi connectivity index (χ1v) is 6.78. The molecule has 0 saturated carbocycles. The number of hydrogen-bond acceptors (Lipinski definition) is 1. The van der Waals surface area contributed by atoms with Crippen molar-refractivity contribution in [1.82, 2.24) is 4.90 Å². The highest BCUT2D eigenvalue weighted by molar-refractivity contribution is 5.17. The Bertz CT molecular complexity index is 303. The van der Waals surface area contributed by atoms with Crippen molar-refractivity contribution >= 4 is 0 Å². The van der Waals surface area contributed by atoms with Gasteiger partial charge in [0.2, 0.25) is 0 Å². The van der Waals surface area contributed by atoms with Crippen molar-refractivity contribution in [3.05, 3.63) is 48.0 Å². The monoisotopic (exact) mass is 231 g/mol. The molecule has 0 aromatic heterocycles. The molecule has 94 valence electrons. The molecule has 1 rings (SSSR count). The number of nitrogens with zero attached hydrogens (tertiary/aromatic N) is 1. The van der Waals surface area contributed by atoms with Crippen molar-refractivity contribution in [3.63, 3.8) is 0 Å². The van der Waals surface area contributed by atoms with Gasteiger partial charge in [-0.05, 0) is 31.5 Å². The third-order valence-electron chi connectivity index (χ3n) is 3.00. The number of benzene rings is 1. The fourth-order valence-electron chi connectivity index (χ4n) is 1.82. The van der Waals surface area contributed by atoms with Gasteiger partial charge in [0, 0.05) is 6.54 Å². The van der Waals surface area contributed by atoms with Crippen molar-refractivity contribution in [1.29, 1.82) is 0 Å². The molecular formula is C16H25N. The lowest BCUT2D eigenvalue weighted by molar-refractivity contribution is 0.313. The minimum atomic E-state index is 1.05. The summed E-state index contributed by atoms with van der Waals surface area (Å²) in [5.41, 5.74) is 1.39. The van der Waals surface area contributed by atoms with E-state index in [1.165, 1.54) is 24.9 Å². The summed E-state index contributed by atoms with van der Waals surface area (Å²) >= 11 is 0. The van der Waals surface area contributed by atoms with Crippen molar-refractivity contribution in [2.24, 2.45) is 0 Å². The van der Waals surface area contributed by atoms with Crippen LogP contribution in [0.3, 0.4) is 0 Å². The SMILES string of the molecule is CCCCN(CC)C/C=C/Cc1ccccc1. The van der Waals surface area contributed by atoms with Crippen LogP contribution >= 0.6 is 0 Å². The summed E-state index contributed by atoms with van der Waals surface area (Å²) in [5, 5.41) is 0. The predicted molar refractivity (Wildman–Crippen MR) is 76.3 cm³/mol. The van der Waals surface area contributed by atoms with Crippen LogP contribution in [-0.4, -0.2) is 24.5 Å². The number of hydrogen-bond donors (Lipinski definition) is 0. The van der Waals surface area contributed by atoms with Crippen LogP contribution in [0.2, 0.25) is 0 Å². The van der Waals surface area contributed by atoms with E-state index in [9.17, 15) is 0 Å². The second-order valence-electron chi connectivity index (χ2n) is 4.41. The first-order chi connectivity index (χ1) is 8.36. The third kappa shape index (κ3) is 6.28. The summed E-state index contributed by atoms with van der Waals surface area (Å²) in [6.45, 7) is 7.95. The second kappa shape index (κ2) is 9.00. The van der Waals surface area contributed by atoms with Gasteiger partial charge in [-0.2, -0.15) is 0 Å². The van der Waals surface area contributed by atoms with Crippen molar-refractivity contribution in [3.8, 4) is 0 Å². The van der Waals surface area contributed by atoms with Crippen molar-refractivity contribution < 1.29 is 0 Å². The Balaban J connectivity index is 2.24. The summed E-state index contributed by atoms with van der Waals surface area (Å²) in [7, 11) is 0. The van der Waals surface area contributed by atoms with E-state index in [-0.39, 0.29) is 0 Å². The summed E-state index contributed by atoms with van der Waals surface area (Å²) < 4.78 is 0. The Hall–Kier alpha value is -1.08. The predicted octanol–water partition coefficient (Wildman–Crippen LogP) is 3.91. The highest BCUT2D eigenvalue weighted by Crippen LogP contribution is 2.01. The summed E-state index contributed by atoms with van der Waals surface area (Å²) in [4.78, 5) is 2.49. The quantitative estimate of drug-likeness (QED) is 0.613. The van der Waals surface area contributed by atoms with Crippen molar-refractivity contribution in [2.75, 3.05) is 19.6 Å².